The maximum Gasteiger partial charge on any atom is 0.341 e. The van der Waals surface area contributed by atoms with Crippen LogP contribution in [0.15, 0.2) is 78.4 Å². The van der Waals surface area contributed by atoms with Crippen molar-refractivity contribution in [2.45, 2.75) is 18.6 Å². The average molecular weight is 418 g/mol. The fraction of sp³-hybridized carbons (Fsp3) is 0.240. The van der Waals surface area contributed by atoms with Gasteiger partial charge in [-0.1, -0.05) is 67.2 Å². The zero-order chi connectivity index (χ0) is 22.4. The quantitative estimate of drug-likeness (QED) is 0.328. The maximum absolute atomic E-state index is 14.0. The normalized spacial score (nSPS) is 27.3. The topological polar surface area (TPSA) is 78.9 Å². The second kappa shape index (κ2) is 7.32. The van der Waals surface area contributed by atoms with Crippen molar-refractivity contribution in [3.05, 3.63) is 89.5 Å². The lowest BCUT2D eigenvalue weighted by atomic mass is 9.64. The van der Waals surface area contributed by atoms with Crippen molar-refractivity contribution >= 4 is 23.3 Å². The smallest absolute Gasteiger partial charge is 0.341 e. The van der Waals surface area contributed by atoms with Crippen LogP contribution in [0.1, 0.15) is 18.1 Å². The van der Waals surface area contributed by atoms with E-state index in [0.717, 1.165) is 0 Å². The van der Waals surface area contributed by atoms with Crippen molar-refractivity contribution in [3.8, 4) is 0 Å². The lowest BCUT2D eigenvalue weighted by Gasteiger charge is -2.38. The van der Waals surface area contributed by atoms with Gasteiger partial charge in [0.05, 0.1) is 20.3 Å². The van der Waals surface area contributed by atoms with Crippen molar-refractivity contribution in [2.24, 2.45) is 5.41 Å². The van der Waals surface area contributed by atoms with Crippen LogP contribution >= 0.6 is 0 Å². The van der Waals surface area contributed by atoms with Gasteiger partial charge in [-0.2, -0.15) is 0 Å². The SMILES string of the molecule is C=C1[C@H](C)O[C@]2(c3ccccc3)C(c3ccccc3)=C(C(=O)OC)C(=O)[C@]12C(=O)OC. The van der Waals surface area contributed by atoms with Crippen LogP contribution in [0.5, 0.6) is 0 Å². The first-order chi connectivity index (χ1) is 14.9. The highest BCUT2D eigenvalue weighted by Gasteiger charge is 2.77. The summed E-state index contributed by atoms with van der Waals surface area (Å²) >= 11 is 0. The molecule has 3 atom stereocenters. The highest BCUT2D eigenvalue weighted by molar-refractivity contribution is 6.35. The molecule has 0 amide bonds. The lowest BCUT2D eigenvalue weighted by Crippen LogP contribution is -2.51. The molecule has 1 saturated heterocycles. The molecule has 0 spiro atoms. The van der Waals surface area contributed by atoms with Gasteiger partial charge in [0, 0.05) is 5.57 Å². The molecule has 1 aliphatic heterocycles. The van der Waals surface area contributed by atoms with E-state index in [0.29, 0.717) is 11.1 Å². The Morgan fingerprint density at radius 3 is 2.10 bits per heavy atom. The molecule has 2 aliphatic rings. The van der Waals surface area contributed by atoms with E-state index in [1.165, 1.54) is 14.2 Å². The van der Waals surface area contributed by atoms with Crippen LogP contribution in [0.4, 0.5) is 0 Å². The molecule has 1 fully saturated rings. The number of carbonyl (C=O) groups excluding carboxylic acids is 3. The molecule has 0 bridgehead atoms. The lowest BCUT2D eigenvalue weighted by molar-refractivity contribution is -0.162. The monoisotopic (exact) mass is 418 g/mol. The Kier molecular flexibility index (Phi) is 4.90. The molecule has 2 aromatic rings. The summed E-state index contributed by atoms with van der Waals surface area (Å²) in [5, 5.41) is 0. The van der Waals surface area contributed by atoms with E-state index in [4.69, 9.17) is 14.2 Å². The molecule has 158 valence electrons. The Hall–Kier alpha value is -3.51. The van der Waals surface area contributed by atoms with Gasteiger partial charge in [-0.25, -0.2) is 4.79 Å². The summed E-state index contributed by atoms with van der Waals surface area (Å²) in [5.41, 5.74) is -2.23. The van der Waals surface area contributed by atoms with Crippen molar-refractivity contribution in [3.63, 3.8) is 0 Å². The third-order valence-electron chi connectivity index (χ3n) is 6.15. The minimum absolute atomic E-state index is 0.237. The minimum atomic E-state index is -1.96. The van der Waals surface area contributed by atoms with Gasteiger partial charge in [0.1, 0.15) is 11.2 Å². The van der Waals surface area contributed by atoms with Crippen LogP contribution in [-0.2, 0) is 34.2 Å². The number of carbonyl (C=O) groups is 3. The number of ketones is 1. The fourth-order valence-electron chi connectivity index (χ4n) is 4.86. The molecule has 2 aromatic carbocycles. The van der Waals surface area contributed by atoms with Gasteiger partial charge in [0.25, 0.3) is 0 Å². The minimum Gasteiger partial charge on any atom is -0.468 e. The van der Waals surface area contributed by atoms with Crippen molar-refractivity contribution < 1.29 is 28.6 Å². The third-order valence-corrected chi connectivity index (χ3v) is 6.15. The molecular formula is C25H22O6. The molecule has 0 N–H and O–H groups in total. The predicted octanol–water partition coefficient (Wildman–Crippen LogP) is 3.23. The highest BCUT2D eigenvalue weighted by atomic mass is 16.5. The number of fused-ring (bicyclic) bond motifs is 1. The standard InChI is InChI=1S/C25H22O6/c1-15-16(2)31-25(18-13-9-6-10-14-18)20(17-11-7-5-8-12-17)19(22(27)29-3)21(26)24(15,25)23(28)30-4/h5-14,16H,1H2,2-4H3/t16-,24-,25+/m0/s1. The van der Waals surface area contributed by atoms with Gasteiger partial charge >= 0.3 is 11.9 Å². The Morgan fingerprint density at radius 1 is 0.968 bits per heavy atom. The fourth-order valence-corrected chi connectivity index (χ4v) is 4.86. The molecule has 6 nitrogen and oxygen atoms in total. The predicted molar refractivity (Wildman–Crippen MR) is 113 cm³/mol. The van der Waals surface area contributed by atoms with Crippen LogP contribution in [0, 0.1) is 5.41 Å². The van der Waals surface area contributed by atoms with E-state index in [1.54, 1.807) is 55.5 Å². The zero-order valence-electron chi connectivity index (χ0n) is 17.5. The Balaban J connectivity index is 2.22. The van der Waals surface area contributed by atoms with Gasteiger partial charge in [0.15, 0.2) is 11.2 Å². The van der Waals surface area contributed by atoms with E-state index < -0.39 is 34.8 Å². The number of rotatable bonds is 4. The number of ether oxygens (including phenoxy) is 3. The number of esters is 2. The largest absolute Gasteiger partial charge is 0.468 e. The summed E-state index contributed by atoms with van der Waals surface area (Å²) in [7, 11) is 2.40. The van der Waals surface area contributed by atoms with E-state index in [9.17, 15) is 14.4 Å². The molecule has 0 radical (unpaired) electrons. The van der Waals surface area contributed by atoms with Crippen molar-refractivity contribution in [1.29, 1.82) is 0 Å². The van der Waals surface area contributed by atoms with Crippen LogP contribution in [0.3, 0.4) is 0 Å². The number of methoxy groups -OCH3 is 2. The molecule has 1 heterocycles. The summed E-state index contributed by atoms with van der Waals surface area (Å²) in [6.07, 6.45) is -0.652. The van der Waals surface area contributed by atoms with Crippen LogP contribution in [0.2, 0.25) is 0 Å². The van der Waals surface area contributed by atoms with Crippen LogP contribution in [-0.4, -0.2) is 38.0 Å². The maximum atomic E-state index is 14.0. The summed E-state index contributed by atoms with van der Waals surface area (Å²) in [5.74, 6) is -2.41. The van der Waals surface area contributed by atoms with Gasteiger partial charge in [0.2, 0.25) is 0 Å². The van der Waals surface area contributed by atoms with Gasteiger partial charge in [-0.3, -0.25) is 9.59 Å². The Morgan fingerprint density at radius 2 is 1.55 bits per heavy atom. The van der Waals surface area contributed by atoms with Gasteiger partial charge in [-0.05, 0) is 23.6 Å². The number of hydrogen-bond acceptors (Lipinski definition) is 6. The van der Waals surface area contributed by atoms with E-state index in [2.05, 4.69) is 6.58 Å². The second-order valence-corrected chi connectivity index (χ2v) is 7.51. The summed E-state index contributed by atoms with van der Waals surface area (Å²) < 4.78 is 16.6. The highest BCUT2D eigenvalue weighted by Crippen LogP contribution is 2.67. The first-order valence-corrected chi connectivity index (χ1v) is 9.82. The Labute approximate surface area is 180 Å². The molecule has 0 unspecified atom stereocenters. The second-order valence-electron chi connectivity index (χ2n) is 7.51. The van der Waals surface area contributed by atoms with E-state index in [1.807, 2.05) is 12.1 Å². The molecule has 0 saturated carbocycles. The van der Waals surface area contributed by atoms with Crippen LogP contribution in [0.25, 0.3) is 5.57 Å². The summed E-state index contributed by atoms with van der Waals surface area (Å²) in [6, 6.07) is 17.8. The summed E-state index contributed by atoms with van der Waals surface area (Å²) in [4.78, 5) is 40.4. The van der Waals surface area contributed by atoms with E-state index >= 15 is 0 Å². The number of hydrogen-bond donors (Lipinski definition) is 0. The molecule has 4 rings (SSSR count). The first kappa shape index (κ1) is 20.8. The molecule has 6 heteroatoms. The Bertz CT molecular complexity index is 1120. The molecule has 31 heavy (non-hydrogen) atoms. The average Bonchev–Trinajstić information content (AvgIpc) is 3.19. The van der Waals surface area contributed by atoms with Crippen molar-refractivity contribution in [2.75, 3.05) is 14.2 Å². The zero-order valence-corrected chi connectivity index (χ0v) is 17.5. The first-order valence-electron chi connectivity index (χ1n) is 9.82. The number of Topliss-reactive ketones (excluding diaryl/α,β-unsaturated/α-hetero) is 1. The van der Waals surface area contributed by atoms with Crippen LogP contribution < -0.4 is 0 Å². The molecule has 1 aliphatic carbocycles. The molecule has 0 aromatic heterocycles. The molecular weight excluding hydrogens is 396 g/mol. The third kappa shape index (κ3) is 2.45. The van der Waals surface area contributed by atoms with Gasteiger partial charge < -0.3 is 14.2 Å². The van der Waals surface area contributed by atoms with Gasteiger partial charge in [-0.15, -0.1) is 0 Å². The number of benzene rings is 2. The summed E-state index contributed by atoms with van der Waals surface area (Å²) in [6.45, 7) is 5.79. The van der Waals surface area contributed by atoms with Crippen molar-refractivity contribution in [1.82, 2.24) is 0 Å². The van der Waals surface area contributed by atoms with E-state index in [-0.39, 0.29) is 16.7 Å².